The van der Waals surface area contributed by atoms with Crippen molar-refractivity contribution in [2.45, 2.75) is 19.0 Å². The van der Waals surface area contributed by atoms with E-state index in [0.717, 1.165) is 12.3 Å². The molecule has 9 heteroatoms. The van der Waals surface area contributed by atoms with Crippen molar-refractivity contribution in [1.29, 1.82) is 0 Å². The van der Waals surface area contributed by atoms with Gasteiger partial charge in [0.25, 0.3) is 0 Å². The van der Waals surface area contributed by atoms with Gasteiger partial charge in [-0.15, -0.1) is 0 Å². The Morgan fingerprint density at radius 1 is 1.28 bits per heavy atom. The first-order chi connectivity index (χ1) is 13.7. The summed E-state index contributed by atoms with van der Waals surface area (Å²) in [5.74, 6) is -2.69. The second-order valence-electron chi connectivity index (χ2n) is 7.00. The molecule has 1 aliphatic heterocycles. The summed E-state index contributed by atoms with van der Waals surface area (Å²) in [5.41, 5.74) is 5.10. The summed E-state index contributed by atoms with van der Waals surface area (Å²) in [6, 6.07) is 5.88. The van der Waals surface area contributed by atoms with Crippen LogP contribution < -0.4 is 16.1 Å². The molecule has 2 aromatic carbocycles. The number of carboxylic acid groups (broad SMARTS) is 1. The SMILES string of the molecule is C[C@@H]1[C@@H](N)CN1c1c(F)cc2c(=O)c(C(=O)O)cn(-c3ccc(F)cc3)c2c1Cl. The topological polar surface area (TPSA) is 88.6 Å². The van der Waals surface area contributed by atoms with Gasteiger partial charge in [0, 0.05) is 30.5 Å². The lowest BCUT2D eigenvalue weighted by atomic mass is 9.97. The van der Waals surface area contributed by atoms with Gasteiger partial charge < -0.3 is 20.3 Å². The van der Waals surface area contributed by atoms with E-state index < -0.39 is 28.6 Å². The number of carboxylic acids is 1. The highest BCUT2D eigenvalue weighted by atomic mass is 35.5. The van der Waals surface area contributed by atoms with Gasteiger partial charge in [-0.3, -0.25) is 4.79 Å². The van der Waals surface area contributed by atoms with Crippen molar-refractivity contribution in [1.82, 2.24) is 4.57 Å². The Labute approximate surface area is 168 Å². The van der Waals surface area contributed by atoms with Crippen LogP contribution in [0, 0.1) is 11.6 Å². The van der Waals surface area contributed by atoms with E-state index in [4.69, 9.17) is 17.3 Å². The van der Waals surface area contributed by atoms with Gasteiger partial charge in [-0.05, 0) is 37.3 Å². The van der Waals surface area contributed by atoms with E-state index in [1.54, 1.807) is 4.90 Å². The van der Waals surface area contributed by atoms with Gasteiger partial charge in [0.2, 0.25) is 5.43 Å². The van der Waals surface area contributed by atoms with E-state index in [9.17, 15) is 23.5 Å². The molecular weight excluding hydrogens is 404 g/mol. The molecule has 3 N–H and O–H groups in total. The molecule has 0 aliphatic carbocycles. The number of hydrogen-bond donors (Lipinski definition) is 2. The first-order valence-corrected chi connectivity index (χ1v) is 9.17. The molecule has 3 aromatic rings. The maximum Gasteiger partial charge on any atom is 0.341 e. The van der Waals surface area contributed by atoms with Gasteiger partial charge >= 0.3 is 5.97 Å². The van der Waals surface area contributed by atoms with Crippen LogP contribution in [0.15, 0.2) is 41.3 Å². The van der Waals surface area contributed by atoms with E-state index in [1.807, 2.05) is 6.92 Å². The van der Waals surface area contributed by atoms with Crippen molar-refractivity contribution in [2.24, 2.45) is 5.73 Å². The number of aromatic carboxylic acids is 1. The number of carbonyl (C=O) groups is 1. The molecule has 29 heavy (non-hydrogen) atoms. The maximum absolute atomic E-state index is 14.9. The van der Waals surface area contributed by atoms with Crippen LogP contribution in [0.2, 0.25) is 5.02 Å². The van der Waals surface area contributed by atoms with Crippen LogP contribution in [-0.2, 0) is 0 Å². The quantitative estimate of drug-likeness (QED) is 0.680. The van der Waals surface area contributed by atoms with Crippen LogP contribution >= 0.6 is 11.6 Å². The summed E-state index contributed by atoms with van der Waals surface area (Å²) in [6.45, 7) is 2.21. The third-order valence-corrected chi connectivity index (χ3v) is 5.66. The highest BCUT2D eigenvalue weighted by Gasteiger charge is 2.36. The number of rotatable bonds is 3. The average Bonchev–Trinajstić information content (AvgIpc) is 2.68. The van der Waals surface area contributed by atoms with E-state index in [0.29, 0.717) is 12.2 Å². The van der Waals surface area contributed by atoms with Gasteiger partial charge in [0.15, 0.2) is 0 Å². The summed E-state index contributed by atoms with van der Waals surface area (Å²) in [7, 11) is 0. The number of halogens is 3. The predicted molar refractivity (Wildman–Crippen MR) is 106 cm³/mol. The molecule has 1 saturated heterocycles. The Balaban J connectivity index is 2.09. The van der Waals surface area contributed by atoms with Crippen molar-refractivity contribution in [3.8, 4) is 5.69 Å². The molecule has 6 nitrogen and oxygen atoms in total. The maximum atomic E-state index is 14.9. The molecule has 0 amide bonds. The van der Waals surface area contributed by atoms with Gasteiger partial charge in [-0.2, -0.15) is 0 Å². The number of nitrogens with zero attached hydrogens (tertiary/aromatic N) is 2. The Hall–Kier alpha value is -2.97. The third kappa shape index (κ3) is 2.95. The summed E-state index contributed by atoms with van der Waals surface area (Å²) < 4.78 is 29.7. The number of benzene rings is 2. The minimum absolute atomic E-state index is 0.0443. The zero-order valence-corrected chi connectivity index (χ0v) is 16.0. The summed E-state index contributed by atoms with van der Waals surface area (Å²) >= 11 is 6.55. The van der Waals surface area contributed by atoms with Crippen molar-refractivity contribution in [2.75, 3.05) is 11.4 Å². The fourth-order valence-corrected chi connectivity index (χ4v) is 3.95. The monoisotopic (exact) mass is 419 g/mol. The lowest BCUT2D eigenvalue weighted by Gasteiger charge is -2.46. The van der Waals surface area contributed by atoms with E-state index >= 15 is 0 Å². The van der Waals surface area contributed by atoms with Crippen molar-refractivity contribution in [3.63, 3.8) is 0 Å². The zero-order chi connectivity index (χ0) is 21.0. The summed E-state index contributed by atoms with van der Waals surface area (Å²) in [4.78, 5) is 25.9. The first-order valence-electron chi connectivity index (χ1n) is 8.79. The predicted octanol–water partition coefficient (Wildman–Crippen LogP) is 3.16. The van der Waals surface area contributed by atoms with Gasteiger partial charge in [-0.25, -0.2) is 13.6 Å². The second-order valence-corrected chi connectivity index (χ2v) is 7.38. The number of anilines is 1. The number of pyridine rings is 1. The summed E-state index contributed by atoms with van der Waals surface area (Å²) in [6.07, 6.45) is 1.11. The van der Waals surface area contributed by atoms with Gasteiger partial charge in [0.05, 0.1) is 21.6 Å². The van der Waals surface area contributed by atoms with Crippen LogP contribution in [-0.4, -0.2) is 34.3 Å². The molecule has 2 heterocycles. The molecule has 0 saturated carbocycles. The third-order valence-electron chi connectivity index (χ3n) is 5.30. The van der Waals surface area contributed by atoms with Crippen LogP contribution in [0.25, 0.3) is 16.6 Å². The van der Waals surface area contributed by atoms with Crippen LogP contribution in [0.1, 0.15) is 17.3 Å². The molecule has 1 fully saturated rings. The molecule has 0 spiro atoms. The zero-order valence-electron chi connectivity index (χ0n) is 15.2. The van der Waals surface area contributed by atoms with Crippen molar-refractivity contribution >= 4 is 34.2 Å². The molecule has 150 valence electrons. The van der Waals surface area contributed by atoms with Gasteiger partial charge in [0.1, 0.15) is 17.2 Å². The molecule has 1 aliphatic rings. The van der Waals surface area contributed by atoms with Crippen molar-refractivity contribution in [3.05, 3.63) is 69.0 Å². The molecule has 1 aromatic heterocycles. The smallest absolute Gasteiger partial charge is 0.341 e. The molecule has 0 radical (unpaired) electrons. The van der Waals surface area contributed by atoms with E-state index in [-0.39, 0.29) is 33.7 Å². The molecule has 4 rings (SSSR count). The Morgan fingerprint density at radius 3 is 2.48 bits per heavy atom. The lowest BCUT2D eigenvalue weighted by Crippen LogP contribution is -2.63. The standard InChI is InChI=1S/C20H16ClF2N3O3/c1-9-15(24)8-25(9)18-14(23)6-12-17(16(18)21)26(7-13(19(12)27)20(28)29)11-4-2-10(22)3-5-11/h2-7,9,15H,8,24H2,1H3,(H,28,29)/t9-,15+/m1/s1. The fourth-order valence-electron chi connectivity index (χ4n) is 3.56. The molecular formula is C20H16ClF2N3O3. The Kier molecular flexibility index (Phi) is 4.55. The van der Waals surface area contributed by atoms with E-state index in [2.05, 4.69) is 0 Å². The Morgan fingerprint density at radius 2 is 1.93 bits per heavy atom. The van der Waals surface area contributed by atoms with Crippen LogP contribution in [0.4, 0.5) is 14.5 Å². The van der Waals surface area contributed by atoms with Crippen molar-refractivity contribution < 1.29 is 18.7 Å². The Bertz CT molecular complexity index is 1210. The largest absolute Gasteiger partial charge is 0.477 e. The van der Waals surface area contributed by atoms with Crippen LogP contribution in [0.3, 0.4) is 0 Å². The van der Waals surface area contributed by atoms with Crippen LogP contribution in [0.5, 0.6) is 0 Å². The average molecular weight is 420 g/mol. The lowest BCUT2D eigenvalue weighted by molar-refractivity contribution is 0.0695. The minimum Gasteiger partial charge on any atom is -0.477 e. The molecule has 0 bridgehead atoms. The fraction of sp³-hybridized carbons (Fsp3) is 0.200. The highest BCUT2D eigenvalue weighted by molar-refractivity contribution is 6.38. The number of nitrogens with two attached hydrogens (primary N) is 1. The second kappa shape index (κ2) is 6.82. The molecule has 0 unspecified atom stereocenters. The van der Waals surface area contributed by atoms with Gasteiger partial charge in [-0.1, -0.05) is 11.6 Å². The summed E-state index contributed by atoms with van der Waals surface area (Å²) in [5, 5.41) is 9.18. The normalized spacial score (nSPS) is 18.7. The first kappa shape index (κ1) is 19.4. The highest BCUT2D eigenvalue weighted by Crippen LogP contribution is 2.39. The minimum atomic E-state index is -1.46. The number of hydrogen-bond acceptors (Lipinski definition) is 4. The number of aromatic nitrogens is 1. The van der Waals surface area contributed by atoms with E-state index in [1.165, 1.54) is 28.8 Å². The molecule has 2 atom stereocenters. The number of fused-ring (bicyclic) bond motifs is 1.